The molecule has 0 saturated carbocycles. The fraction of sp³-hybridized carbons (Fsp3) is 0.200. The molecule has 0 aliphatic rings. The lowest BCUT2D eigenvalue weighted by molar-refractivity contribution is 0.190. The lowest BCUT2D eigenvalue weighted by atomic mass is 10.1. The van der Waals surface area contributed by atoms with Gasteiger partial charge in [0.15, 0.2) is 0 Å². The molecular weight excluding hydrogens is 347 g/mol. The molecule has 0 bridgehead atoms. The zero-order chi connectivity index (χ0) is 14.7. The van der Waals surface area contributed by atoms with Gasteiger partial charge in [0.1, 0.15) is 18.2 Å². The average Bonchev–Trinajstić information content (AvgIpc) is 2.39. The maximum absolute atomic E-state index is 13.2. The molecule has 0 aliphatic heterocycles. The normalized spacial score (nSPS) is 12.2. The van der Waals surface area contributed by atoms with Gasteiger partial charge in [-0.05, 0) is 37.3 Å². The highest BCUT2D eigenvalue weighted by Gasteiger charge is 2.11. The Bertz CT molecular complexity index is 617. The lowest BCUT2D eigenvalue weighted by Crippen LogP contribution is -2.02. The quantitative estimate of drug-likeness (QED) is 0.843. The van der Waals surface area contributed by atoms with Crippen LogP contribution in [0.4, 0.5) is 4.39 Å². The predicted molar refractivity (Wildman–Crippen MR) is 80.5 cm³/mol. The van der Waals surface area contributed by atoms with Crippen molar-refractivity contribution in [3.63, 3.8) is 0 Å². The van der Waals surface area contributed by atoms with E-state index in [0.29, 0.717) is 21.9 Å². The van der Waals surface area contributed by atoms with Crippen LogP contribution in [0.25, 0.3) is 0 Å². The number of hydrogen-bond donors (Lipinski definition) is 1. The molecule has 2 aromatic rings. The number of aliphatic hydroxyl groups is 1. The van der Waals surface area contributed by atoms with Crippen molar-refractivity contribution in [2.24, 2.45) is 0 Å². The summed E-state index contributed by atoms with van der Waals surface area (Å²) >= 11 is 9.34. The average molecular weight is 360 g/mol. The minimum Gasteiger partial charge on any atom is -0.488 e. The fourth-order valence-corrected chi connectivity index (χ4v) is 2.30. The largest absolute Gasteiger partial charge is 0.488 e. The molecule has 0 fully saturated rings. The van der Waals surface area contributed by atoms with E-state index in [2.05, 4.69) is 15.9 Å². The molecule has 1 unspecified atom stereocenters. The van der Waals surface area contributed by atoms with Gasteiger partial charge in [0.05, 0.1) is 6.10 Å². The third kappa shape index (κ3) is 3.72. The molecule has 1 atom stereocenters. The highest BCUT2D eigenvalue weighted by atomic mass is 79.9. The third-order valence-electron chi connectivity index (χ3n) is 2.82. The number of halogens is 3. The molecular formula is C15H13BrClFO2. The first-order valence-corrected chi connectivity index (χ1v) is 7.18. The first kappa shape index (κ1) is 15.3. The Morgan fingerprint density at radius 2 is 2.05 bits per heavy atom. The second kappa shape index (κ2) is 6.57. The van der Waals surface area contributed by atoms with Crippen LogP contribution in [0.3, 0.4) is 0 Å². The van der Waals surface area contributed by atoms with E-state index in [1.54, 1.807) is 19.1 Å². The fourth-order valence-electron chi connectivity index (χ4n) is 1.79. The van der Waals surface area contributed by atoms with Crippen molar-refractivity contribution in [2.75, 3.05) is 0 Å². The second-order valence-corrected chi connectivity index (χ2v) is 5.71. The van der Waals surface area contributed by atoms with Crippen molar-refractivity contribution in [3.05, 3.63) is 62.8 Å². The Balaban J connectivity index is 2.22. The number of rotatable bonds is 4. The molecule has 0 aromatic heterocycles. The number of ether oxygens (including phenoxy) is 1. The molecule has 0 saturated heterocycles. The summed E-state index contributed by atoms with van der Waals surface area (Å²) in [6, 6.07) is 9.48. The Hall–Kier alpha value is -1.10. The highest BCUT2D eigenvalue weighted by molar-refractivity contribution is 9.10. The maximum Gasteiger partial charge on any atom is 0.126 e. The van der Waals surface area contributed by atoms with E-state index in [4.69, 9.17) is 16.3 Å². The zero-order valence-corrected chi connectivity index (χ0v) is 13.1. The van der Waals surface area contributed by atoms with E-state index >= 15 is 0 Å². The zero-order valence-electron chi connectivity index (χ0n) is 10.7. The molecule has 2 rings (SSSR count). The van der Waals surface area contributed by atoms with Crippen molar-refractivity contribution in [1.82, 2.24) is 0 Å². The SMILES string of the molecule is CC(O)c1ccc(Br)cc1OCc1cc(F)ccc1Cl. The summed E-state index contributed by atoms with van der Waals surface area (Å²) in [4.78, 5) is 0. The van der Waals surface area contributed by atoms with E-state index < -0.39 is 6.10 Å². The van der Waals surface area contributed by atoms with E-state index in [1.165, 1.54) is 18.2 Å². The lowest BCUT2D eigenvalue weighted by Gasteiger charge is -2.14. The van der Waals surface area contributed by atoms with E-state index in [-0.39, 0.29) is 12.4 Å². The van der Waals surface area contributed by atoms with Crippen LogP contribution in [0.5, 0.6) is 5.75 Å². The van der Waals surface area contributed by atoms with Crippen molar-refractivity contribution < 1.29 is 14.2 Å². The predicted octanol–water partition coefficient (Wildman–Crippen LogP) is 4.87. The standard InChI is InChI=1S/C15H13BrClFO2/c1-9(19)13-4-2-11(16)7-15(13)20-8-10-6-12(18)3-5-14(10)17/h2-7,9,19H,8H2,1H3. The van der Waals surface area contributed by atoms with Crippen LogP contribution in [0.1, 0.15) is 24.2 Å². The summed E-state index contributed by atoms with van der Waals surface area (Å²) in [7, 11) is 0. The molecule has 0 spiro atoms. The molecule has 0 heterocycles. The minimum atomic E-state index is -0.652. The highest BCUT2D eigenvalue weighted by Crippen LogP contribution is 2.30. The number of benzene rings is 2. The van der Waals surface area contributed by atoms with Crippen molar-refractivity contribution in [3.8, 4) is 5.75 Å². The van der Waals surface area contributed by atoms with Crippen LogP contribution in [0, 0.1) is 5.82 Å². The first-order valence-electron chi connectivity index (χ1n) is 6.01. The summed E-state index contributed by atoms with van der Waals surface area (Å²) in [6.07, 6.45) is -0.652. The number of hydrogen-bond acceptors (Lipinski definition) is 2. The topological polar surface area (TPSA) is 29.5 Å². The van der Waals surface area contributed by atoms with Crippen molar-refractivity contribution >= 4 is 27.5 Å². The van der Waals surface area contributed by atoms with E-state index in [0.717, 1.165) is 4.47 Å². The second-order valence-electron chi connectivity index (χ2n) is 4.38. The molecule has 2 aromatic carbocycles. The molecule has 20 heavy (non-hydrogen) atoms. The van der Waals surface area contributed by atoms with Gasteiger partial charge in [-0.15, -0.1) is 0 Å². The summed E-state index contributed by atoms with van der Waals surface area (Å²) in [6.45, 7) is 1.79. The van der Waals surface area contributed by atoms with Gasteiger partial charge in [-0.2, -0.15) is 0 Å². The van der Waals surface area contributed by atoms with Gasteiger partial charge < -0.3 is 9.84 Å². The van der Waals surface area contributed by atoms with Gasteiger partial charge >= 0.3 is 0 Å². The summed E-state index contributed by atoms with van der Waals surface area (Å²) in [5.41, 5.74) is 1.23. The van der Waals surface area contributed by atoms with Crippen LogP contribution in [-0.4, -0.2) is 5.11 Å². The monoisotopic (exact) mass is 358 g/mol. The van der Waals surface area contributed by atoms with Gasteiger partial charge in [-0.1, -0.05) is 33.6 Å². The van der Waals surface area contributed by atoms with Gasteiger partial charge in [0, 0.05) is 20.6 Å². The molecule has 0 amide bonds. The van der Waals surface area contributed by atoms with Gasteiger partial charge in [-0.25, -0.2) is 4.39 Å². The van der Waals surface area contributed by atoms with Crippen LogP contribution in [0.2, 0.25) is 5.02 Å². The van der Waals surface area contributed by atoms with Gasteiger partial charge in [0.2, 0.25) is 0 Å². The molecule has 0 radical (unpaired) electrons. The third-order valence-corrected chi connectivity index (χ3v) is 3.68. The molecule has 106 valence electrons. The summed E-state index contributed by atoms with van der Waals surface area (Å²) in [5.74, 6) is 0.174. The Labute approximate surface area is 130 Å². The van der Waals surface area contributed by atoms with Gasteiger partial charge in [-0.3, -0.25) is 0 Å². The Kier molecular flexibility index (Phi) is 5.02. The van der Waals surface area contributed by atoms with Crippen LogP contribution >= 0.6 is 27.5 Å². The maximum atomic E-state index is 13.2. The van der Waals surface area contributed by atoms with E-state index in [9.17, 15) is 9.50 Å². The minimum absolute atomic E-state index is 0.132. The van der Waals surface area contributed by atoms with Crippen LogP contribution in [0.15, 0.2) is 40.9 Å². The molecule has 1 N–H and O–H groups in total. The van der Waals surface area contributed by atoms with Crippen LogP contribution in [-0.2, 0) is 6.61 Å². The Morgan fingerprint density at radius 1 is 1.30 bits per heavy atom. The van der Waals surface area contributed by atoms with Crippen molar-refractivity contribution in [2.45, 2.75) is 19.6 Å². The Morgan fingerprint density at radius 3 is 2.75 bits per heavy atom. The summed E-state index contributed by atoms with van der Waals surface area (Å²) < 4.78 is 19.7. The molecule has 2 nitrogen and oxygen atoms in total. The molecule has 5 heteroatoms. The smallest absolute Gasteiger partial charge is 0.126 e. The molecule has 0 aliphatic carbocycles. The van der Waals surface area contributed by atoms with Crippen LogP contribution < -0.4 is 4.74 Å². The van der Waals surface area contributed by atoms with Crippen molar-refractivity contribution in [1.29, 1.82) is 0 Å². The number of aliphatic hydroxyl groups excluding tert-OH is 1. The van der Waals surface area contributed by atoms with E-state index in [1.807, 2.05) is 6.07 Å². The first-order chi connectivity index (χ1) is 9.47. The summed E-state index contributed by atoms with van der Waals surface area (Å²) in [5, 5.41) is 10.2. The van der Waals surface area contributed by atoms with Gasteiger partial charge in [0.25, 0.3) is 0 Å².